The zero-order valence-electron chi connectivity index (χ0n) is 15.4. The monoisotopic (exact) mass is 369 g/mol. The van der Waals surface area contributed by atoms with Gasteiger partial charge >= 0.3 is 5.69 Å². The van der Waals surface area contributed by atoms with Gasteiger partial charge in [0.2, 0.25) is 5.88 Å². The average Bonchev–Trinajstić information content (AvgIpc) is 2.88. The average molecular weight is 369 g/mol. The molecule has 0 saturated carbocycles. The van der Waals surface area contributed by atoms with Gasteiger partial charge in [0.15, 0.2) is 5.69 Å². The number of aromatic nitrogens is 4. The van der Waals surface area contributed by atoms with E-state index in [0.717, 1.165) is 15.3 Å². The van der Waals surface area contributed by atoms with Gasteiger partial charge in [0, 0.05) is 27.4 Å². The Hall–Kier alpha value is -3.62. The molecule has 2 aromatic heterocycles. The lowest BCUT2D eigenvalue weighted by Gasteiger charge is -2.07. The third kappa shape index (κ3) is 2.82. The first-order chi connectivity index (χ1) is 12.8. The molecular formula is C18H19N5O4. The summed E-state index contributed by atoms with van der Waals surface area (Å²) in [5, 5.41) is 10.1. The summed E-state index contributed by atoms with van der Waals surface area (Å²) in [5.41, 5.74) is -0.492. The predicted molar refractivity (Wildman–Crippen MR) is 102 cm³/mol. The van der Waals surface area contributed by atoms with Crippen LogP contribution in [0.15, 0.2) is 49.7 Å². The van der Waals surface area contributed by atoms with Gasteiger partial charge in [-0.05, 0) is 19.1 Å². The fourth-order valence-corrected chi connectivity index (χ4v) is 2.80. The van der Waals surface area contributed by atoms with E-state index < -0.39 is 17.1 Å². The molecule has 0 spiro atoms. The Balaban J connectivity index is 2.18. The lowest BCUT2D eigenvalue weighted by atomic mass is 10.3. The van der Waals surface area contributed by atoms with E-state index in [1.54, 1.807) is 30.8 Å². The molecule has 2 heterocycles. The minimum atomic E-state index is -0.698. The topological polar surface area (TPSA) is 104 Å². The highest BCUT2D eigenvalue weighted by Crippen LogP contribution is 2.17. The molecule has 0 radical (unpaired) electrons. The molecule has 9 heteroatoms. The lowest BCUT2D eigenvalue weighted by Crippen LogP contribution is -2.38. The van der Waals surface area contributed by atoms with Gasteiger partial charge in [0.05, 0.1) is 11.4 Å². The van der Waals surface area contributed by atoms with Gasteiger partial charge in [-0.2, -0.15) is 0 Å². The quantitative estimate of drug-likeness (QED) is 0.672. The largest absolute Gasteiger partial charge is 0.494 e. The number of hydrogen-bond donors (Lipinski definition) is 1. The molecule has 0 unspecified atom stereocenters. The Morgan fingerprint density at radius 3 is 2.22 bits per heavy atom. The minimum Gasteiger partial charge on any atom is -0.494 e. The summed E-state index contributed by atoms with van der Waals surface area (Å²) in [4.78, 5) is 41.0. The van der Waals surface area contributed by atoms with Crippen molar-refractivity contribution < 1.29 is 5.11 Å². The summed E-state index contributed by atoms with van der Waals surface area (Å²) < 4.78 is 4.91. The molecule has 1 aromatic carbocycles. The number of hydrogen-bond acceptors (Lipinski definition) is 5. The van der Waals surface area contributed by atoms with Gasteiger partial charge in [0.25, 0.3) is 11.1 Å². The highest BCUT2D eigenvalue weighted by Gasteiger charge is 2.17. The maximum atomic E-state index is 12.8. The van der Waals surface area contributed by atoms with E-state index in [2.05, 4.69) is 4.99 Å². The fraction of sp³-hybridized carbons (Fsp3) is 0.222. The van der Waals surface area contributed by atoms with Crippen LogP contribution in [0.5, 0.6) is 5.88 Å². The summed E-state index contributed by atoms with van der Waals surface area (Å²) >= 11 is 0. The number of para-hydroxylation sites is 1. The van der Waals surface area contributed by atoms with E-state index in [1.807, 2.05) is 18.2 Å². The van der Waals surface area contributed by atoms with Crippen LogP contribution in [0, 0.1) is 6.92 Å². The van der Waals surface area contributed by atoms with Gasteiger partial charge in [-0.15, -0.1) is 0 Å². The van der Waals surface area contributed by atoms with Gasteiger partial charge in [-0.1, -0.05) is 18.2 Å². The van der Waals surface area contributed by atoms with Crippen molar-refractivity contribution in [2.75, 3.05) is 0 Å². The molecule has 3 rings (SSSR count). The van der Waals surface area contributed by atoms with Crippen molar-refractivity contribution in [2.24, 2.45) is 26.1 Å². The highest BCUT2D eigenvalue weighted by molar-refractivity contribution is 5.84. The van der Waals surface area contributed by atoms with E-state index in [0.29, 0.717) is 11.4 Å². The van der Waals surface area contributed by atoms with Crippen LogP contribution in [0.4, 0.5) is 5.69 Å². The van der Waals surface area contributed by atoms with Crippen LogP contribution in [-0.4, -0.2) is 29.8 Å². The van der Waals surface area contributed by atoms with Crippen LogP contribution in [0.25, 0.3) is 5.69 Å². The van der Waals surface area contributed by atoms with Crippen molar-refractivity contribution in [1.82, 2.24) is 18.5 Å². The smallest absolute Gasteiger partial charge is 0.333 e. The summed E-state index contributed by atoms with van der Waals surface area (Å²) in [6.45, 7) is 1.73. The summed E-state index contributed by atoms with van der Waals surface area (Å²) in [6.07, 6.45) is 1.11. The van der Waals surface area contributed by atoms with Gasteiger partial charge in [-0.3, -0.25) is 23.4 Å². The summed E-state index contributed by atoms with van der Waals surface area (Å²) in [5.74, 6) is -0.510. The van der Waals surface area contributed by atoms with Crippen molar-refractivity contribution in [2.45, 2.75) is 6.92 Å². The van der Waals surface area contributed by atoms with Crippen LogP contribution < -0.4 is 16.8 Å². The maximum Gasteiger partial charge on any atom is 0.333 e. The Labute approximate surface area is 153 Å². The third-order valence-electron chi connectivity index (χ3n) is 4.51. The van der Waals surface area contributed by atoms with Crippen LogP contribution in [0.2, 0.25) is 0 Å². The van der Waals surface area contributed by atoms with Crippen LogP contribution >= 0.6 is 0 Å². The number of benzene rings is 1. The third-order valence-corrected chi connectivity index (χ3v) is 4.51. The van der Waals surface area contributed by atoms with E-state index in [1.165, 1.54) is 18.8 Å². The Morgan fingerprint density at radius 2 is 1.59 bits per heavy atom. The van der Waals surface area contributed by atoms with E-state index in [9.17, 15) is 19.5 Å². The van der Waals surface area contributed by atoms with Crippen molar-refractivity contribution in [3.8, 4) is 11.6 Å². The minimum absolute atomic E-state index is 0.136. The molecule has 0 aliphatic heterocycles. The second-order valence-electron chi connectivity index (χ2n) is 6.11. The molecule has 0 fully saturated rings. The van der Waals surface area contributed by atoms with Crippen LogP contribution in [-0.2, 0) is 21.1 Å². The second-order valence-corrected chi connectivity index (χ2v) is 6.11. The Morgan fingerprint density at radius 1 is 0.963 bits per heavy atom. The standard InChI is InChI=1S/C18H19N5O4/c1-11-14(17(26)23(22(11)4)12-8-6-5-7-9-12)19-10-13-15(24)20(2)18(27)21(3)16(13)25/h5-10,24H,1-4H3. The molecule has 0 amide bonds. The SMILES string of the molecule is Cc1c(N=Cc2c(O)n(C)c(=O)n(C)c2=O)c(=O)n(-c2ccccc2)n1C. The number of aliphatic imine (C=N–C) groups is 1. The molecule has 0 bridgehead atoms. The van der Waals surface area contributed by atoms with Crippen molar-refractivity contribution in [3.05, 3.63) is 72.8 Å². The zero-order chi connectivity index (χ0) is 19.9. The van der Waals surface area contributed by atoms with Crippen LogP contribution in [0.1, 0.15) is 11.3 Å². The fourth-order valence-electron chi connectivity index (χ4n) is 2.80. The molecule has 27 heavy (non-hydrogen) atoms. The predicted octanol–water partition coefficient (Wildman–Crippen LogP) is 0.338. The van der Waals surface area contributed by atoms with Gasteiger partial charge in [0.1, 0.15) is 5.56 Å². The summed E-state index contributed by atoms with van der Waals surface area (Å²) in [6, 6.07) is 9.08. The van der Waals surface area contributed by atoms with Gasteiger partial charge in [-0.25, -0.2) is 14.5 Å². The first-order valence-corrected chi connectivity index (χ1v) is 8.12. The van der Waals surface area contributed by atoms with Crippen LogP contribution in [0.3, 0.4) is 0 Å². The first-order valence-electron chi connectivity index (χ1n) is 8.12. The van der Waals surface area contributed by atoms with Crippen molar-refractivity contribution in [1.29, 1.82) is 0 Å². The first kappa shape index (κ1) is 18.2. The number of rotatable bonds is 3. The molecule has 140 valence electrons. The highest BCUT2D eigenvalue weighted by atomic mass is 16.3. The molecule has 9 nitrogen and oxygen atoms in total. The Bertz CT molecular complexity index is 1230. The number of aromatic hydroxyl groups is 1. The second kappa shape index (κ2) is 6.60. The van der Waals surface area contributed by atoms with Gasteiger partial charge < -0.3 is 5.11 Å². The number of nitrogens with zero attached hydrogens (tertiary/aromatic N) is 5. The Kier molecular flexibility index (Phi) is 4.44. The molecule has 0 aliphatic carbocycles. The van der Waals surface area contributed by atoms with E-state index >= 15 is 0 Å². The normalized spacial score (nSPS) is 11.4. The molecule has 0 aliphatic rings. The summed E-state index contributed by atoms with van der Waals surface area (Å²) in [7, 11) is 4.37. The van der Waals surface area contributed by atoms with Crippen molar-refractivity contribution in [3.63, 3.8) is 0 Å². The van der Waals surface area contributed by atoms with E-state index in [4.69, 9.17) is 0 Å². The molecule has 1 N–H and O–H groups in total. The van der Waals surface area contributed by atoms with E-state index in [-0.39, 0.29) is 16.8 Å². The zero-order valence-corrected chi connectivity index (χ0v) is 15.4. The molecule has 0 atom stereocenters. The molecular weight excluding hydrogens is 350 g/mol. The molecule has 0 saturated heterocycles. The maximum absolute atomic E-state index is 12.8. The molecule has 3 aromatic rings. The van der Waals surface area contributed by atoms with Crippen molar-refractivity contribution >= 4 is 11.9 Å². The lowest BCUT2D eigenvalue weighted by molar-refractivity contribution is 0.410.